The van der Waals surface area contributed by atoms with E-state index in [-0.39, 0.29) is 73.0 Å². The zero-order chi connectivity index (χ0) is 39.5. The summed E-state index contributed by atoms with van der Waals surface area (Å²) in [5.74, 6) is -1.86. The number of hydrogen-bond donors (Lipinski definition) is 0. The molecule has 2 aliphatic heterocycles. The molecule has 0 aliphatic carbocycles. The summed E-state index contributed by atoms with van der Waals surface area (Å²) in [7, 11) is -2.25. The predicted octanol–water partition coefficient (Wildman–Crippen LogP) is 6.79. The van der Waals surface area contributed by atoms with Crippen molar-refractivity contribution in [1.29, 1.82) is 0 Å². The molecule has 0 aromatic heterocycles. The smallest absolute Gasteiger partial charge is 0.338 e. The van der Waals surface area contributed by atoms with E-state index in [9.17, 15) is 22.8 Å². The molecule has 2 aliphatic rings. The topological polar surface area (TPSA) is 141 Å². The van der Waals surface area contributed by atoms with Gasteiger partial charge in [0.05, 0.1) is 59.3 Å². The number of methoxy groups -OCH3 is 1. The maximum atomic E-state index is 13.8. The SMILES string of the molecule is COCC(=O)OCC1=C(C)C[C@H](CCCOC(=O)C(C)(C)C)OC1C[C@@H]1O[C@H](C[C@H](C)COC(=O)c2ccccc2)[C@H](C)[C@H]1CS(=O)(=O)c1ccccc1. The second kappa shape index (κ2) is 19.8. The van der Waals surface area contributed by atoms with Crippen molar-refractivity contribution in [3.05, 3.63) is 77.4 Å². The average molecular weight is 771 g/mol. The van der Waals surface area contributed by atoms with Gasteiger partial charge in [-0.1, -0.05) is 55.8 Å². The van der Waals surface area contributed by atoms with E-state index in [1.165, 1.54) is 7.11 Å². The fraction of sp³-hybridized carbons (Fsp3) is 0.595. The Bertz CT molecular complexity index is 1670. The fourth-order valence-corrected chi connectivity index (χ4v) is 8.85. The predicted molar refractivity (Wildman–Crippen MR) is 203 cm³/mol. The molecule has 0 radical (unpaired) electrons. The van der Waals surface area contributed by atoms with Gasteiger partial charge in [0.2, 0.25) is 0 Å². The quantitative estimate of drug-likeness (QED) is 0.0685. The van der Waals surface area contributed by atoms with E-state index in [0.29, 0.717) is 37.7 Å². The minimum Gasteiger partial charge on any atom is -0.465 e. The van der Waals surface area contributed by atoms with Gasteiger partial charge in [-0.15, -0.1) is 0 Å². The van der Waals surface area contributed by atoms with Gasteiger partial charge < -0.3 is 28.4 Å². The van der Waals surface area contributed by atoms with E-state index >= 15 is 0 Å². The van der Waals surface area contributed by atoms with E-state index in [1.54, 1.807) is 54.6 Å². The Morgan fingerprint density at radius 1 is 0.926 bits per heavy atom. The summed E-state index contributed by atoms with van der Waals surface area (Å²) in [5.41, 5.74) is 1.73. The van der Waals surface area contributed by atoms with Gasteiger partial charge in [-0.25, -0.2) is 18.0 Å². The van der Waals surface area contributed by atoms with Gasteiger partial charge in [0.1, 0.15) is 13.2 Å². The molecule has 7 atom stereocenters. The zero-order valence-electron chi connectivity index (χ0n) is 32.8. The Morgan fingerprint density at radius 3 is 2.24 bits per heavy atom. The van der Waals surface area contributed by atoms with Crippen LogP contribution >= 0.6 is 0 Å². The molecular weight excluding hydrogens is 713 g/mol. The highest BCUT2D eigenvalue weighted by Crippen LogP contribution is 2.42. The minimum absolute atomic E-state index is 0.0110. The molecule has 2 aromatic rings. The van der Waals surface area contributed by atoms with Gasteiger partial charge in [-0.3, -0.25) is 4.79 Å². The Hall–Kier alpha value is -3.58. The van der Waals surface area contributed by atoms with Gasteiger partial charge in [-0.05, 0) is 95.1 Å². The third-order valence-electron chi connectivity index (χ3n) is 10.2. The van der Waals surface area contributed by atoms with Crippen LogP contribution in [0, 0.1) is 23.2 Å². The molecule has 2 heterocycles. The lowest BCUT2D eigenvalue weighted by Crippen LogP contribution is -2.38. The molecule has 4 rings (SSSR count). The minimum atomic E-state index is -3.68. The normalized spacial score (nSPS) is 23.8. The van der Waals surface area contributed by atoms with Crippen molar-refractivity contribution in [3.63, 3.8) is 0 Å². The Kier molecular flexibility index (Phi) is 15.9. The van der Waals surface area contributed by atoms with Crippen molar-refractivity contribution in [2.24, 2.45) is 23.2 Å². The van der Waals surface area contributed by atoms with Crippen LogP contribution in [0.4, 0.5) is 0 Å². The van der Waals surface area contributed by atoms with Gasteiger partial charge in [0.15, 0.2) is 9.84 Å². The molecule has 1 saturated heterocycles. The van der Waals surface area contributed by atoms with Crippen LogP contribution in [0.5, 0.6) is 0 Å². The molecule has 12 heteroatoms. The second-order valence-corrected chi connectivity index (χ2v) is 17.8. The summed E-state index contributed by atoms with van der Waals surface area (Å²) >= 11 is 0. The summed E-state index contributed by atoms with van der Waals surface area (Å²) in [5, 5.41) is 0. The molecule has 11 nitrogen and oxygen atoms in total. The van der Waals surface area contributed by atoms with Crippen LogP contribution in [-0.2, 0) is 47.8 Å². The lowest BCUT2D eigenvalue weighted by molar-refractivity contribution is -0.153. The van der Waals surface area contributed by atoms with Crippen LogP contribution in [0.25, 0.3) is 0 Å². The fourth-order valence-electron chi connectivity index (χ4n) is 7.06. The van der Waals surface area contributed by atoms with Crippen LogP contribution in [0.3, 0.4) is 0 Å². The highest BCUT2D eigenvalue weighted by atomic mass is 32.2. The van der Waals surface area contributed by atoms with Crippen molar-refractivity contribution >= 4 is 27.7 Å². The van der Waals surface area contributed by atoms with Crippen LogP contribution in [0.1, 0.15) is 84.0 Å². The van der Waals surface area contributed by atoms with Gasteiger partial charge in [-0.2, -0.15) is 0 Å². The summed E-state index contributed by atoms with van der Waals surface area (Å²) in [4.78, 5) is 37.5. The number of rotatable bonds is 18. The molecule has 1 fully saturated rings. The van der Waals surface area contributed by atoms with E-state index < -0.39 is 39.4 Å². The maximum absolute atomic E-state index is 13.8. The molecule has 0 amide bonds. The number of sulfone groups is 1. The number of carbonyl (C=O) groups is 3. The van der Waals surface area contributed by atoms with E-state index in [2.05, 4.69) is 0 Å². The molecule has 0 spiro atoms. The lowest BCUT2D eigenvalue weighted by atomic mass is 9.83. The van der Waals surface area contributed by atoms with E-state index in [1.807, 2.05) is 47.6 Å². The van der Waals surface area contributed by atoms with Crippen LogP contribution in [0.2, 0.25) is 0 Å². The van der Waals surface area contributed by atoms with Crippen molar-refractivity contribution in [3.8, 4) is 0 Å². The molecule has 0 N–H and O–H groups in total. The molecular formula is C42H58O11S. The first-order valence-corrected chi connectivity index (χ1v) is 20.6. The van der Waals surface area contributed by atoms with Crippen molar-refractivity contribution in [1.82, 2.24) is 0 Å². The average Bonchev–Trinajstić information content (AvgIpc) is 3.40. The largest absolute Gasteiger partial charge is 0.465 e. The molecule has 0 bridgehead atoms. The second-order valence-electron chi connectivity index (χ2n) is 15.7. The maximum Gasteiger partial charge on any atom is 0.338 e. The summed E-state index contributed by atoms with van der Waals surface area (Å²) in [6.07, 6.45) is 1.23. The molecule has 0 saturated carbocycles. The number of hydrogen-bond acceptors (Lipinski definition) is 11. The molecule has 54 heavy (non-hydrogen) atoms. The van der Waals surface area contributed by atoms with Gasteiger partial charge >= 0.3 is 17.9 Å². The Balaban J connectivity index is 1.53. The summed E-state index contributed by atoms with van der Waals surface area (Å²) < 4.78 is 62.8. The standard InChI is InChI=1S/C42H58O11S/c1-28(24-51-40(44)31-15-10-8-11-16-31)21-36-30(3)35(27-54(46,47)33-18-12-9-13-19-33)38(53-36)23-37-34(25-50-39(43)26-48-7)29(2)22-32(52-37)17-14-20-49-41(45)42(4,5)6/h8-13,15-16,18-19,28,30,32,35-38H,14,17,20-27H2,1-7H3/t28-,30+,32-,35+,36+,37?,38-/m0/s1. The van der Waals surface area contributed by atoms with Crippen LogP contribution < -0.4 is 0 Å². The third kappa shape index (κ3) is 12.5. The number of benzene rings is 2. The monoisotopic (exact) mass is 770 g/mol. The Labute approximate surface area is 321 Å². The third-order valence-corrected chi connectivity index (χ3v) is 12.0. The van der Waals surface area contributed by atoms with E-state index in [0.717, 1.165) is 11.1 Å². The lowest BCUT2D eigenvalue weighted by Gasteiger charge is -2.36. The van der Waals surface area contributed by atoms with Crippen LogP contribution in [0.15, 0.2) is 76.7 Å². The first-order valence-electron chi connectivity index (χ1n) is 18.9. The molecule has 298 valence electrons. The zero-order valence-corrected chi connectivity index (χ0v) is 33.6. The highest BCUT2D eigenvalue weighted by Gasteiger charge is 2.46. The molecule has 2 aromatic carbocycles. The van der Waals surface area contributed by atoms with Crippen molar-refractivity contribution in [2.45, 2.75) is 103 Å². The van der Waals surface area contributed by atoms with Crippen molar-refractivity contribution in [2.75, 3.05) is 39.3 Å². The van der Waals surface area contributed by atoms with Gasteiger partial charge in [0.25, 0.3) is 0 Å². The number of carbonyl (C=O) groups excluding carboxylic acids is 3. The van der Waals surface area contributed by atoms with Crippen molar-refractivity contribution < 1.29 is 51.2 Å². The summed E-state index contributed by atoms with van der Waals surface area (Å²) in [6, 6.07) is 17.2. The summed E-state index contributed by atoms with van der Waals surface area (Å²) in [6.45, 7) is 11.7. The van der Waals surface area contributed by atoms with Gasteiger partial charge in [0, 0.05) is 19.4 Å². The highest BCUT2D eigenvalue weighted by molar-refractivity contribution is 7.91. The van der Waals surface area contributed by atoms with E-state index in [4.69, 9.17) is 28.4 Å². The first-order chi connectivity index (χ1) is 25.6. The Morgan fingerprint density at radius 2 is 1.59 bits per heavy atom. The first kappa shape index (κ1) is 43.2. The number of esters is 3. The number of ether oxygens (including phenoxy) is 6. The molecule has 1 unspecified atom stereocenters. The van der Waals surface area contributed by atoms with Crippen LogP contribution in [-0.4, -0.2) is 90.0 Å².